The van der Waals surface area contributed by atoms with Crippen LogP contribution in [0.3, 0.4) is 0 Å². The first-order chi connectivity index (χ1) is 6.86. The van der Waals surface area contributed by atoms with E-state index in [1.807, 2.05) is 25.1 Å². The van der Waals surface area contributed by atoms with Gasteiger partial charge in [0.1, 0.15) is 6.33 Å². The van der Waals surface area contributed by atoms with Gasteiger partial charge in [-0.1, -0.05) is 30.3 Å². The van der Waals surface area contributed by atoms with E-state index < -0.39 is 0 Å². The Balaban J connectivity index is 2.24. The lowest BCUT2D eigenvalue weighted by molar-refractivity contribution is 0.990. The average molecular weight is 183 g/mol. The Morgan fingerprint density at radius 3 is 2.71 bits per heavy atom. The maximum Gasteiger partial charge on any atom is 0.116 e. The van der Waals surface area contributed by atoms with Gasteiger partial charge in [0.05, 0.1) is 11.9 Å². The smallest absolute Gasteiger partial charge is 0.116 e. The fourth-order valence-corrected chi connectivity index (χ4v) is 1.35. The lowest BCUT2D eigenvalue weighted by Crippen LogP contribution is -1.96. The fraction of sp³-hybridized carbons (Fsp3) is 0.167. The summed E-state index contributed by atoms with van der Waals surface area (Å²) in [5.74, 6) is 0. The second-order valence-electron chi connectivity index (χ2n) is 3.22. The predicted octanol–water partition coefficient (Wildman–Crippen LogP) is 2.18. The van der Waals surface area contributed by atoms with Crippen molar-refractivity contribution in [1.82, 2.24) is 9.97 Å². The van der Waals surface area contributed by atoms with Crippen molar-refractivity contribution in [3.8, 4) is 0 Å². The monoisotopic (exact) mass is 183 g/mol. The van der Waals surface area contributed by atoms with Crippen LogP contribution in [0.25, 0.3) is 0 Å². The molecule has 1 aromatic carbocycles. The van der Waals surface area contributed by atoms with Crippen LogP contribution in [0.15, 0.2) is 36.7 Å². The van der Waals surface area contributed by atoms with Crippen molar-refractivity contribution in [2.75, 3.05) is 0 Å². The van der Waals surface area contributed by atoms with Crippen LogP contribution in [0, 0.1) is 13.1 Å². The van der Waals surface area contributed by atoms with Crippen LogP contribution in [0.2, 0.25) is 0 Å². The standard InChI is InChI=1S/C12H11N2/c1-10-8-13-9-14-12(10)7-11-5-3-2-4-6-11/h2-6,9H,7H2,1H3. The number of hydrogen-bond donors (Lipinski definition) is 0. The largest absolute Gasteiger partial charge is 0.241 e. The first-order valence-corrected chi connectivity index (χ1v) is 4.58. The zero-order chi connectivity index (χ0) is 9.80. The Labute approximate surface area is 83.7 Å². The summed E-state index contributed by atoms with van der Waals surface area (Å²) in [7, 11) is 0. The molecule has 1 aromatic heterocycles. The summed E-state index contributed by atoms with van der Waals surface area (Å²) in [6, 6.07) is 10.3. The minimum Gasteiger partial charge on any atom is -0.241 e. The molecule has 0 unspecified atom stereocenters. The van der Waals surface area contributed by atoms with Crippen LogP contribution in [0.4, 0.5) is 0 Å². The predicted molar refractivity (Wildman–Crippen MR) is 54.9 cm³/mol. The number of benzene rings is 1. The Morgan fingerprint density at radius 1 is 1.21 bits per heavy atom. The van der Waals surface area contributed by atoms with Crippen molar-refractivity contribution in [3.63, 3.8) is 0 Å². The van der Waals surface area contributed by atoms with Gasteiger partial charge >= 0.3 is 0 Å². The molecule has 0 atom stereocenters. The Hall–Kier alpha value is -1.70. The summed E-state index contributed by atoms with van der Waals surface area (Å²) in [5, 5.41) is 0. The van der Waals surface area contributed by atoms with E-state index in [2.05, 4.69) is 28.3 Å². The summed E-state index contributed by atoms with van der Waals surface area (Å²) in [6.07, 6.45) is 5.31. The normalized spacial score (nSPS) is 10.1. The second-order valence-corrected chi connectivity index (χ2v) is 3.22. The van der Waals surface area contributed by atoms with E-state index >= 15 is 0 Å². The molecule has 0 amide bonds. The topological polar surface area (TPSA) is 25.8 Å². The average Bonchev–Trinajstić information content (AvgIpc) is 2.23. The van der Waals surface area contributed by atoms with Crippen LogP contribution in [-0.4, -0.2) is 9.97 Å². The minimum absolute atomic E-state index is 0.853. The number of rotatable bonds is 2. The zero-order valence-corrected chi connectivity index (χ0v) is 8.07. The summed E-state index contributed by atoms with van der Waals surface area (Å²) < 4.78 is 0. The van der Waals surface area contributed by atoms with Gasteiger partial charge in [-0.2, -0.15) is 0 Å². The van der Waals surface area contributed by atoms with Crippen molar-refractivity contribution in [1.29, 1.82) is 0 Å². The Kier molecular flexibility index (Phi) is 2.54. The Morgan fingerprint density at radius 2 is 2.00 bits per heavy atom. The molecule has 1 radical (unpaired) electrons. The van der Waals surface area contributed by atoms with Crippen molar-refractivity contribution in [2.24, 2.45) is 0 Å². The fourth-order valence-electron chi connectivity index (χ4n) is 1.35. The van der Waals surface area contributed by atoms with Crippen molar-refractivity contribution < 1.29 is 0 Å². The molecule has 0 aliphatic rings. The minimum atomic E-state index is 0.853. The van der Waals surface area contributed by atoms with E-state index in [0.717, 1.165) is 17.7 Å². The maximum atomic E-state index is 4.23. The van der Waals surface area contributed by atoms with E-state index in [1.165, 1.54) is 5.56 Å². The van der Waals surface area contributed by atoms with Gasteiger partial charge in [-0.3, -0.25) is 0 Å². The molecular formula is C12H11N2. The second kappa shape index (κ2) is 4.01. The highest BCUT2D eigenvalue weighted by molar-refractivity contribution is 5.24. The van der Waals surface area contributed by atoms with Crippen molar-refractivity contribution in [2.45, 2.75) is 13.3 Å². The zero-order valence-electron chi connectivity index (χ0n) is 8.07. The molecule has 69 valence electrons. The van der Waals surface area contributed by atoms with E-state index in [4.69, 9.17) is 0 Å². The van der Waals surface area contributed by atoms with Gasteiger partial charge in [-0.05, 0) is 18.1 Å². The van der Waals surface area contributed by atoms with Gasteiger partial charge in [0, 0.05) is 6.42 Å². The molecule has 14 heavy (non-hydrogen) atoms. The highest BCUT2D eigenvalue weighted by Gasteiger charge is 2.00. The van der Waals surface area contributed by atoms with Crippen LogP contribution in [0.1, 0.15) is 16.8 Å². The van der Waals surface area contributed by atoms with Crippen LogP contribution in [-0.2, 0) is 6.42 Å². The van der Waals surface area contributed by atoms with Crippen molar-refractivity contribution >= 4 is 0 Å². The van der Waals surface area contributed by atoms with E-state index in [-0.39, 0.29) is 0 Å². The molecule has 0 aliphatic carbocycles. The molecule has 1 heterocycles. The first kappa shape index (κ1) is 8.88. The highest BCUT2D eigenvalue weighted by atomic mass is 14.8. The quantitative estimate of drug-likeness (QED) is 0.713. The molecule has 0 saturated carbocycles. The third kappa shape index (κ3) is 1.96. The first-order valence-electron chi connectivity index (χ1n) is 4.58. The van der Waals surface area contributed by atoms with E-state index in [1.54, 1.807) is 6.33 Å². The van der Waals surface area contributed by atoms with Crippen LogP contribution in [0.5, 0.6) is 0 Å². The lowest BCUT2D eigenvalue weighted by Gasteiger charge is -2.02. The van der Waals surface area contributed by atoms with Gasteiger partial charge < -0.3 is 0 Å². The molecule has 2 aromatic rings. The van der Waals surface area contributed by atoms with Gasteiger partial charge in [0.2, 0.25) is 0 Å². The molecule has 0 saturated heterocycles. The van der Waals surface area contributed by atoms with Gasteiger partial charge in [-0.15, -0.1) is 0 Å². The lowest BCUT2D eigenvalue weighted by atomic mass is 10.1. The SMILES string of the molecule is Cc1[c]ncnc1Cc1ccccc1. The molecule has 0 spiro atoms. The molecule has 0 aliphatic heterocycles. The number of nitrogens with zero attached hydrogens (tertiary/aromatic N) is 2. The van der Waals surface area contributed by atoms with Gasteiger partial charge in [0.25, 0.3) is 0 Å². The van der Waals surface area contributed by atoms with Crippen LogP contribution >= 0.6 is 0 Å². The number of aryl methyl sites for hydroxylation is 1. The van der Waals surface area contributed by atoms with E-state index in [9.17, 15) is 0 Å². The maximum absolute atomic E-state index is 4.23. The van der Waals surface area contributed by atoms with Crippen LogP contribution < -0.4 is 0 Å². The number of hydrogen-bond acceptors (Lipinski definition) is 2. The molecule has 2 heteroatoms. The third-order valence-electron chi connectivity index (χ3n) is 2.15. The van der Waals surface area contributed by atoms with Gasteiger partial charge in [0.15, 0.2) is 0 Å². The molecule has 0 fully saturated rings. The molecular weight excluding hydrogens is 172 g/mol. The van der Waals surface area contributed by atoms with Gasteiger partial charge in [-0.25, -0.2) is 9.97 Å². The highest BCUT2D eigenvalue weighted by Crippen LogP contribution is 2.08. The molecule has 2 rings (SSSR count). The summed E-state index contributed by atoms with van der Waals surface area (Å²) in [6.45, 7) is 1.98. The Bertz CT molecular complexity index is 410. The molecule has 2 nitrogen and oxygen atoms in total. The molecule has 0 N–H and O–H groups in total. The third-order valence-corrected chi connectivity index (χ3v) is 2.15. The number of aromatic nitrogens is 2. The molecule has 0 bridgehead atoms. The van der Waals surface area contributed by atoms with Crippen molar-refractivity contribution in [3.05, 3.63) is 59.7 Å². The summed E-state index contributed by atoms with van der Waals surface area (Å²) >= 11 is 0. The van der Waals surface area contributed by atoms with E-state index in [0.29, 0.717) is 0 Å². The summed E-state index contributed by atoms with van der Waals surface area (Å²) in [5.41, 5.74) is 3.34. The summed E-state index contributed by atoms with van der Waals surface area (Å²) in [4.78, 5) is 8.08.